The van der Waals surface area contributed by atoms with Crippen LogP contribution in [0.4, 0.5) is 10.1 Å². The summed E-state index contributed by atoms with van der Waals surface area (Å²) in [6, 6.07) is 15.8. The van der Waals surface area contributed by atoms with Crippen molar-refractivity contribution >= 4 is 5.69 Å². The van der Waals surface area contributed by atoms with Gasteiger partial charge in [-0.2, -0.15) is 5.26 Å². The molecule has 0 spiro atoms. The van der Waals surface area contributed by atoms with Crippen molar-refractivity contribution in [1.29, 1.82) is 5.26 Å². The number of hydrogen-bond donors (Lipinski definition) is 1. The van der Waals surface area contributed by atoms with Gasteiger partial charge in [-0.3, -0.25) is 0 Å². The minimum atomic E-state index is -0.235. The van der Waals surface area contributed by atoms with E-state index >= 15 is 0 Å². The summed E-state index contributed by atoms with van der Waals surface area (Å²) >= 11 is 0. The molecule has 2 rings (SSSR count). The summed E-state index contributed by atoms with van der Waals surface area (Å²) in [4.78, 5) is 0. The molecule has 2 aromatic rings. The first-order valence-electron chi connectivity index (χ1n) is 5.71. The van der Waals surface area contributed by atoms with Gasteiger partial charge in [-0.15, -0.1) is 0 Å². The van der Waals surface area contributed by atoms with Crippen molar-refractivity contribution in [3.63, 3.8) is 0 Å². The van der Waals surface area contributed by atoms with Crippen molar-refractivity contribution in [2.24, 2.45) is 0 Å². The van der Waals surface area contributed by atoms with E-state index in [0.717, 1.165) is 11.3 Å². The van der Waals surface area contributed by atoms with Crippen molar-refractivity contribution in [1.82, 2.24) is 0 Å². The Morgan fingerprint density at radius 3 is 2.50 bits per heavy atom. The minimum Gasteiger partial charge on any atom is -0.379 e. The Labute approximate surface area is 106 Å². The molecule has 1 atom stereocenters. The van der Waals surface area contributed by atoms with Gasteiger partial charge in [0.25, 0.3) is 0 Å². The molecule has 0 aromatic heterocycles. The Balaban J connectivity index is 2.11. The Morgan fingerprint density at radius 1 is 1.17 bits per heavy atom. The Morgan fingerprint density at radius 2 is 1.89 bits per heavy atom. The molecule has 0 fully saturated rings. The molecule has 0 aliphatic carbocycles. The SMILES string of the molecule is CC(Nc1ccc(C#N)cc1)c1cccc(F)c1. The highest BCUT2D eigenvalue weighted by Gasteiger charge is 2.05. The summed E-state index contributed by atoms with van der Waals surface area (Å²) < 4.78 is 13.1. The summed E-state index contributed by atoms with van der Waals surface area (Å²) in [5.74, 6) is -0.235. The predicted molar refractivity (Wildman–Crippen MR) is 69.6 cm³/mol. The fourth-order valence-corrected chi connectivity index (χ4v) is 1.75. The second kappa shape index (κ2) is 5.33. The number of nitriles is 1. The fraction of sp³-hybridized carbons (Fsp3) is 0.133. The van der Waals surface area contributed by atoms with Crippen LogP contribution in [0, 0.1) is 17.1 Å². The topological polar surface area (TPSA) is 35.8 Å². The fourth-order valence-electron chi connectivity index (χ4n) is 1.75. The maximum Gasteiger partial charge on any atom is 0.123 e. The van der Waals surface area contributed by atoms with E-state index < -0.39 is 0 Å². The van der Waals surface area contributed by atoms with Crippen LogP contribution in [0.25, 0.3) is 0 Å². The van der Waals surface area contributed by atoms with Gasteiger partial charge in [0.15, 0.2) is 0 Å². The lowest BCUT2D eigenvalue weighted by Crippen LogP contribution is -2.06. The number of rotatable bonds is 3. The van der Waals surface area contributed by atoms with Gasteiger partial charge in [-0.25, -0.2) is 4.39 Å². The van der Waals surface area contributed by atoms with Crippen LogP contribution in [0.5, 0.6) is 0 Å². The van der Waals surface area contributed by atoms with Crippen molar-refractivity contribution in [2.45, 2.75) is 13.0 Å². The molecule has 0 aliphatic heterocycles. The average Bonchev–Trinajstić information content (AvgIpc) is 2.39. The molecule has 90 valence electrons. The Kier molecular flexibility index (Phi) is 3.59. The molecular weight excluding hydrogens is 227 g/mol. The molecule has 1 N–H and O–H groups in total. The summed E-state index contributed by atoms with van der Waals surface area (Å²) in [7, 11) is 0. The van der Waals surface area contributed by atoms with E-state index in [1.165, 1.54) is 12.1 Å². The lowest BCUT2D eigenvalue weighted by atomic mass is 10.1. The molecule has 0 amide bonds. The van der Waals surface area contributed by atoms with Crippen LogP contribution in [0.15, 0.2) is 48.5 Å². The van der Waals surface area contributed by atoms with Gasteiger partial charge in [0.1, 0.15) is 5.82 Å². The molecule has 2 aromatic carbocycles. The molecule has 0 heterocycles. The third-order valence-electron chi connectivity index (χ3n) is 2.75. The number of hydrogen-bond acceptors (Lipinski definition) is 2. The maximum absolute atomic E-state index is 13.1. The van der Waals surface area contributed by atoms with Crippen LogP contribution in [0.1, 0.15) is 24.1 Å². The molecule has 3 heteroatoms. The van der Waals surface area contributed by atoms with E-state index in [-0.39, 0.29) is 11.9 Å². The molecule has 1 unspecified atom stereocenters. The van der Waals surface area contributed by atoms with Gasteiger partial charge in [0, 0.05) is 11.7 Å². The van der Waals surface area contributed by atoms with Gasteiger partial charge < -0.3 is 5.32 Å². The lowest BCUT2D eigenvalue weighted by Gasteiger charge is -2.15. The number of nitrogens with zero attached hydrogens (tertiary/aromatic N) is 1. The maximum atomic E-state index is 13.1. The third kappa shape index (κ3) is 2.86. The summed E-state index contributed by atoms with van der Waals surface area (Å²) in [6.45, 7) is 1.97. The number of nitrogens with one attached hydrogen (secondary N) is 1. The van der Waals surface area contributed by atoms with Gasteiger partial charge in [0.2, 0.25) is 0 Å². The lowest BCUT2D eigenvalue weighted by molar-refractivity contribution is 0.623. The molecule has 0 saturated carbocycles. The largest absolute Gasteiger partial charge is 0.379 e. The van der Waals surface area contributed by atoms with Crippen LogP contribution in [0.2, 0.25) is 0 Å². The van der Waals surface area contributed by atoms with Crippen LogP contribution in [-0.4, -0.2) is 0 Å². The van der Waals surface area contributed by atoms with E-state index in [1.54, 1.807) is 18.2 Å². The highest BCUT2D eigenvalue weighted by Crippen LogP contribution is 2.20. The third-order valence-corrected chi connectivity index (χ3v) is 2.75. The normalized spacial score (nSPS) is 11.6. The molecule has 2 nitrogen and oxygen atoms in total. The van der Waals surface area contributed by atoms with Crippen molar-refractivity contribution in [2.75, 3.05) is 5.32 Å². The minimum absolute atomic E-state index is 0.00800. The Bertz CT molecular complexity index is 570. The van der Waals surface area contributed by atoms with Gasteiger partial charge >= 0.3 is 0 Å². The van der Waals surface area contributed by atoms with Crippen molar-refractivity contribution in [3.05, 3.63) is 65.5 Å². The molecular formula is C15H13FN2. The summed E-state index contributed by atoms with van der Waals surface area (Å²) in [5.41, 5.74) is 2.42. The second-order valence-electron chi connectivity index (χ2n) is 4.11. The van der Waals surface area contributed by atoms with Crippen LogP contribution in [0.3, 0.4) is 0 Å². The van der Waals surface area contributed by atoms with Crippen molar-refractivity contribution < 1.29 is 4.39 Å². The zero-order chi connectivity index (χ0) is 13.0. The molecule has 18 heavy (non-hydrogen) atoms. The van der Waals surface area contributed by atoms with Gasteiger partial charge in [0.05, 0.1) is 11.6 Å². The molecule has 0 saturated heterocycles. The van der Waals surface area contributed by atoms with Gasteiger partial charge in [-0.05, 0) is 48.9 Å². The predicted octanol–water partition coefficient (Wildman–Crippen LogP) is 3.87. The highest BCUT2D eigenvalue weighted by molar-refractivity contribution is 5.48. The van der Waals surface area contributed by atoms with Gasteiger partial charge in [-0.1, -0.05) is 12.1 Å². The van der Waals surface area contributed by atoms with E-state index in [4.69, 9.17) is 5.26 Å². The van der Waals surface area contributed by atoms with E-state index in [0.29, 0.717) is 5.56 Å². The number of anilines is 1. The van der Waals surface area contributed by atoms with Crippen molar-refractivity contribution in [3.8, 4) is 6.07 Å². The monoisotopic (exact) mass is 240 g/mol. The van der Waals surface area contributed by atoms with Crippen LogP contribution >= 0.6 is 0 Å². The zero-order valence-corrected chi connectivity index (χ0v) is 10.0. The smallest absolute Gasteiger partial charge is 0.123 e. The highest BCUT2D eigenvalue weighted by atomic mass is 19.1. The quantitative estimate of drug-likeness (QED) is 0.884. The molecule has 0 radical (unpaired) electrons. The molecule has 0 aliphatic rings. The molecule has 0 bridgehead atoms. The Hall–Kier alpha value is -2.34. The number of halogens is 1. The second-order valence-corrected chi connectivity index (χ2v) is 4.11. The first-order chi connectivity index (χ1) is 8.69. The zero-order valence-electron chi connectivity index (χ0n) is 10.0. The standard InChI is InChI=1S/C15H13FN2/c1-11(13-3-2-4-14(16)9-13)18-15-7-5-12(10-17)6-8-15/h2-9,11,18H,1H3. The van der Waals surface area contributed by atoms with Crippen LogP contribution < -0.4 is 5.32 Å². The van der Waals surface area contributed by atoms with Crippen LogP contribution in [-0.2, 0) is 0 Å². The van der Waals surface area contributed by atoms with E-state index in [9.17, 15) is 4.39 Å². The average molecular weight is 240 g/mol. The first-order valence-corrected chi connectivity index (χ1v) is 5.71. The summed E-state index contributed by atoms with van der Waals surface area (Å²) in [5, 5.41) is 12.0. The number of benzene rings is 2. The summed E-state index contributed by atoms with van der Waals surface area (Å²) in [6.07, 6.45) is 0. The van der Waals surface area contributed by atoms with E-state index in [2.05, 4.69) is 11.4 Å². The first kappa shape index (κ1) is 12.1. The van der Waals surface area contributed by atoms with E-state index in [1.807, 2.05) is 25.1 Å².